The Morgan fingerprint density at radius 3 is 2.42 bits per heavy atom. The lowest BCUT2D eigenvalue weighted by molar-refractivity contribution is 0.212. The molecule has 7 nitrogen and oxygen atoms in total. The van der Waals surface area contributed by atoms with Crippen molar-refractivity contribution >= 4 is 17.1 Å². The van der Waals surface area contributed by atoms with Gasteiger partial charge in [-0.05, 0) is 37.5 Å². The highest BCUT2D eigenvalue weighted by Gasteiger charge is 2.41. The molecular weight excluding hydrogens is 414 g/mol. The molecule has 0 N–H and O–H groups in total. The number of fused-ring (bicyclic) bond motifs is 1. The Morgan fingerprint density at radius 1 is 0.909 bits per heavy atom. The highest BCUT2D eigenvalue weighted by molar-refractivity contribution is 5.74. The molecule has 33 heavy (non-hydrogen) atoms. The van der Waals surface area contributed by atoms with E-state index in [-0.39, 0.29) is 5.41 Å². The molecule has 1 saturated heterocycles. The lowest BCUT2D eigenvalue weighted by Crippen LogP contribution is -2.46. The van der Waals surface area contributed by atoms with E-state index in [1.54, 1.807) is 0 Å². The molecule has 2 aromatic carbocycles. The molecular formula is C26H29N5O2. The summed E-state index contributed by atoms with van der Waals surface area (Å²) in [4.78, 5) is 14.1. The fourth-order valence-electron chi connectivity index (χ4n) is 5.29. The minimum atomic E-state index is -0.110. The Balaban J connectivity index is 1.13. The first-order valence-electron chi connectivity index (χ1n) is 11.9. The first-order chi connectivity index (χ1) is 16.2. The van der Waals surface area contributed by atoms with Crippen LogP contribution >= 0.6 is 0 Å². The second-order valence-electron chi connectivity index (χ2n) is 9.39. The molecule has 0 spiro atoms. The molecule has 1 aliphatic heterocycles. The third-order valence-electron chi connectivity index (χ3n) is 7.24. The second-order valence-corrected chi connectivity index (χ2v) is 9.39. The van der Waals surface area contributed by atoms with Gasteiger partial charge in [-0.3, -0.25) is 4.90 Å². The Kier molecular flexibility index (Phi) is 5.14. The molecule has 0 radical (unpaired) electrons. The number of aryl methyl sites for hydroxylation is 1. The molecule has 0 unspecified atom stereocenters. The molecule has 0 amide bonds. The number of nitrogens with zero attached hydrogens (tertiary/aromatic N) is 5. The summed E-state index contributed by atoms with van der Waals surface area (Å²) in [6.07, 6.45) is 4.57. The number of hydrogen-bond acceptors (Lipinski definition) is 7. The number of hydrogen-bond donors (Lipinski definition) is 0. The Labute approximate surface area is 193 Å². The average Bonchev–Trinajstić information content (AvgIpc) is 3.60. The minimum Gasteiger partial charge on any atom is -0.423 e. The van der Waals surface area contributed by atoms with Crippen molar-refractivity contribution in [3.05, 3.63) is 71.4 Å². The van der Waals surface area contributed by atoms with Crippen LogP contribution in [0.25, 0.3) is 11.1 Å². The van der Waals surface area contributed by atoms with Crippen LogP contribution in [0.5, 0.6) is 0 Å². The predicted octanol–water partition coefficient (Wildman–Crippen LogP) is 4.70. The maximum atomic E-state index is 5.94. The van der Waals surface area contributed by atoms with E-state index >= 15 is 0 Å². The molecule has 0 atom stereocenters. The zero-order valence-corrected chi connectivity index (χ0v) is 19.0. The molecule has 170 valence electrons. The maximum absolute atomic E-state index is 5.94. The van der Waals surface area contributed by atoms with E-state index in [0.29, 0.717) is 18.5 Å². The summed E-state index contributed by atoms with van der Waals surface area (Å²) in [5, 5.41) is 4.47. The molecule has 1 aliphatic carbocycles. The predicted molar refractivity (Wildman–Crippen MR) is 126 cm³/mol. The topological polar surface area (TPSA) is 71.4 Å². The summed E-state index contributed by atoms with van der Waals surface area (Å²) < 4.78 is 11.7. The summed E-state index contributed by atoms with van der Waals surface area (Å²) in [7, 11) is 0. The molecule has 2 aromatic heterocycles. The van der Waals surface area contributed by atoms with Gasteiger partial charge in [0.15, 0.2) is 11.4 Å². The van der Waals surface area contributed by atoms with E-state index in [9.17, 15) is 0 Å². The number of aromatic nitrogens is 3. The van der Waals surface area contributed by atoms with E-state index in [0.717, 1.165) is 55.9 Å². The van der Waals surface area contributed by atoms with Crippen molar-refractivity contribution in [3.63, 3.8) is 0 Å². The molecule has 7 heteroatoms. The number of piperazine rings is 1. The van der Waals surface area contributed by atoms with Crippen molar-refractivity contribution in [2.45, 2.75) is 44.6 Å². The van der Waals surface area contributed by atoms with Gasteiger partial charge in [0, 0.05) is 26.2 Å². The highest BCUT2D eigenvalue weighted by Crippen LogP contribution is 2.45. The normalized spacial score (nSPS) is 18.9. The van der Waals surface area contributed by atoms with Gasteiger partial charge in [0.25, 0.3) is 6.01 Å². The van der Waals surface area contributed by atoms with Crippen LogP contribution in [-0.4, -0.2) is 46.2 Å². The third kappa shape index (κ3) is 3.80. The summed E-state index contributed by atoms with van der Waals surface area (Å²) in [6, 6.07) is 17.5. The van der Waals surface area contributed by atoms with Gasteiger partial charge >= 0.3 is 0 Å². The van der Waals surface area contributed by atoms with Crippen LogP contribution in [0.15, 0.2) is 57.5 Å². The molecule has 2 fully saturated rings. The smallest absolute Gasteiger partial charge is 0.298 e. The molecule has 4 aromatic rings. The van der Waals surface area contributed by atoms with Gasteiger partial charge in [0.05, 0.1) is 12.0 Å². The fraction of sp³-hybridized carbons (Fsp3) is 0.423. The van der Waals surface area contributed by atoms with Crippen molar-refractivity contribution in [2.24, 2.45) is 0 Å². The van der Waals surface area contributed by atoms with Gasteiger partial charge in [-0.25, -0.2) is 0 Å². The van der Waals surface area contributed by atoms with Gasteiger partial charge in [-0.2, -0.15) is 9.97 Å². The molecule has 2 aliphatic rings. The SMILES string of the molecule is Cc1ccc(C2(c3noc(CN4CCN(c5nc6ccccc6o5)CC4)n3)CCCC2)cc1. The number of para-hydroxylation sites is 2. The maximum Gasteiger partial charge on any atom is 0.298 e. The van der Waals surface area contributed by atoms with Crippen LogP contribution in [-0.2, 0) is 12.0 Å². The number of benzene rings is 2. The zero-order chi connectivity index (χ0) is 22.3. The third-order valence-corrected chi connectivity index (χ3v) is 7.24. The van der Waals surface area contributed by atoms with Crippen LogP contribution in [0.2, 0.25) is 0 Å². The highest BCUT2D eigenvalue weighted by atomic mass is 16.5. The lowest BCUT2D eigenvalue weighted by atomic mass is 9.78. The molecule has 3 heterocycles. The Morgan fingerprint density at radius 2 is 1.67 bits per heavy atom. The van der Waals surface area contributed by atoms with Crippen molar-refractivity contribution in [2.75, 3.05) is 31.1 Å². The first kappa shape index (κ1) is 20.4. The van der Waals surface area contributed by atoms with E-state index in [1.165, 1.54) is 24.0 Å². The standard InChI is InChI=1S/C26H29N5O2/c1-19-8-10-20(11-9-19)26(12-4-5-13-26)24-28-23(33-29-24)18-30-14-16-31(17-15-30)25-27-21-6-2-3-7-22(21)32-25/h2-3,6-11H,4-5,12-18H2,1H3. The number of rotatable bonds is 5. The van der Waals surface area contributed by atoms with Crippen molar-refractivity contribution in [1.82, 2.24) is 20.0 Å². The van der Waals surface area contributed by atoms with E-state index < -0.39 is 0 Å². The van der Waals surface area contributed by atoms with Crippen LogP contribution in [0.1, 0.15) is 48.5 Å². The molecule has 6 rings (SSSR count). The van der Waals surface area contributed by atoms with Crippen molar-refractivity contribution in [1.29, 1.82) is 0 Å². The summed E-state index contributed by atoms with van der Waals surface area (Å²) in [5.41, 5.74) is 4.22. The average molecular weight is 444 g/mol. The largest absolute Gasteiger partial charge is 0.423 e. The van der Waals surface area contributed by atoms with E-state index in [4.69, 9.17) is 13.9 Å². The monoisotopic (exact) mass is 443 g/mol. The van der Waals surface area contributed by atoms with Crippen LogP contribution in [0.3, 0.4) is 0 Å². The van der Waals surface area contributed by atoms with Gasteiger partial charge < -0.3 is 13.8 Å². The van der Waals surface area contributed by atoms with Crippen molar-refractivity contribution in [3.8, 4) is 0 Å². The minimum absolute atomic E-state index is 0.110. The van der Waals surface area contributed by atoms with Gasteiger partial charge in [-0.1, -0.05) is 60.0 Å². The Hall–Kier alpha value is -3.19. The van der Waals surface area contributed by atoms with Crippen LogP contribution < -0.4 is 4.90 Å². The summed E-state index contributed by atoms with van der Waals surface area (Å²) >= 11 is 0. The lowest BCUT2D eigenvalue weighted by Gasteiger charge is -2.32. The molecule has 0 bridgehead atoms. The quantitative estimate of drug-likeness (QED) is 0.443. The van der Waals surface area contributed by atoms with E-state index in [1.807, 2.05) is 24.3 Å². The van der Waals surface area contributed by atoms with Crippen LogP contribution in [0, 0.1) is 6.92 Å². The number of oxazole rings is 1. The number of anilines is 1. The van der Waals surface area contributed by atoms with Gasteiger partial charge in [0.1, 0.15) is 5.52 Å². The van der Waals surface area contributed by atoms with Gasteiger partial charge in [-0.15, -0.1) is 0 Å². The second kappa shape index (κ2) is 8.30. The van der Waals surface area contributed by atoms with Gasteiger partial charge in [0.2, 0.25) is 5.89 Å². The summed E-state index contributed by atoms with van der Waals surface area (Å²) in [6.45, 7) is 6.33. The molecule has 1 saturated carbocycles. The Bertz CT molecular complexity index is 1200. The van der Waals surface area contributed by atoms with Crippen LogP contribution in [0.4, 0.5) is 6.01 Å². The fourth-order valence-corrected chi connectivity index (χ4v) is 5.29. The summed E-state index contributed by atoms with van der Waals surface area (Å²) in [5.74, 6) is 1.56. The first-order valence-corrected chi connectivity index (χ1v) is 11.9. The van der Waals surface area contributed by atoms with E-state index in [2.05, 4.69) is 51.1 Å². The zero-order valence-electron chi connectivity index (χ0n) is 19.0. The van der Waals surface area contributed by atoms with Crippen molar-refractivity contribution < 1.29 is 8.94 Å².